The minimum atomic E-state index is -0.839. The smallest absolute Gasteiger partial charge is 0.324 e. The van der Waals surface area contributed by atoms with E-state index in [0.717, 1.165) is 0 Å². The van der Waals surface area contributed by atoms with Gasteiger partial charge in [-0.2, -0.15) is 0 Å². The number of carboxylic acids is 1. The molecule has 1 fully saturated rings. The molecule has 0 saturated carbocycles. The molecular weight excluding hydrogens is 210 g/mol. The molecule has 2 N–H and O–H groups in total. The fourth-order valence-electron chi connectivity index (χ4n) is 1.95. The molecule has 5 heteroatoms. The normalized spacial score (nSPS) is 21.6. The average molecular weight is 231 g/mol. The summed E-state index contributed by atoms with van der Waals surface area (Å²) in [5, 5.41) is 12.5. The molecule has 1 unspecified atom stereocenters. The van der Waals surface area contributed by atoms with Gasteiger partial charge in [-0.25, -0.2) is 0 Å². The van der Waals surface area contributed by atoms with Crippen LogP contribution in [0.3, 0.4) is 0 Å². The lowest BCUT2D eigenvalue weighted by Gasteiger charge is -2.36. The molecule has 0 radical (unpaired) electrons. The molecule has 1 saturated heterocycles. The quantitative estimate of drug-likeness (QED) is 0.702. The Kier molecular flexibility index (Phi) is 5.18. The van der Waals surface area contributed by atoms with E-state index in [-0.39, 0.29) is 6.04 Å². The number of carboxylic acid groups (broad SMARTS) is 1. The van der Waals surface area contributed by atoms with Crippen molar-refractivity contribution in [2.45, 2.75) is 38.3 Å². The van der Waals surface area contributed by atoms with Crippen LogP contribution in [-0.2, 0) is 14.3 Å². The Morgan fingerprint density at radius 3 is 2.69 bits per heavy atom. The first-order valence-electron chi connectivity index (χ1n) is 5.77. The summed E-state index contributed by atoms with van der Waals surface area (Å²) >= 11 is 0. The Balaban J connectivity index is 2.53. The van der Waals surface area contributed by atoms with Gasteiger partial charge in [0.25, 0.3) is 0 Å². The molecule has 5 nitrogen and oxygen atoms in total. The monoisotopic (exact) mass is 231 g/mol. The second kappa shape index (κ2) is 6.18. The average Bonchev–Trinajstić information content (AvgIpc) is 2.27. The highest BCUT2D eigenvalue weighted by atomic mass is 16.5. The molecule has 1 rings (SSSR count). The Hall–Kier alpha value is -0.650. The van der Waals surface area contributed by atoms with Gasteiger partial charge >= 0.3 is 5.97 Å². The molecule has 1 aliphatic heterocycles. The first-order chi connectivity index (χ1) is 7.60. The van der Waals surface area contributed by atoms with Crippen molar-refractivity contribution >= 4 is 5.97 Å². The molecule has 0 spiro atoms. The molecular formula is C11H21NO4. The van der Waals surface area contributed by atoms with Gasteiger partial charge < -0.3 is 14.6 Å². The SMILES string of the molecule is CCOCC(C)NC1(C(=O)O)CCOCC1. The minimum Gasteiger partial charge on any atom is -0.480 e. The van der Waals surface area contributed by atoms with Crippen molar-refractivity contribution in [1.29, 1.82) is 0 Å². The third-order valence-electron chi connectivity index (χ3n) is 2.85. The van der Waals surface area contributed by atoms with Gasteiger partial charge in [0.15, 0.2) is 0 Å². The topological polar surface area (TPSA) is 67.8 Å². The Labute approximate surface area is 96.1 Å². The lowest BCUT2D eigenvalue weighted by molar-refractivity contribution is -0.149. The Morgan fingerprint density at radius 2 is 2.19 bits per heavy atom. The zero-order chi connectivity index (χ0) is 12.0. The van der Waals surface area contributed by atoms with Crippen molar-refractivity contribution in [3.05, 3.63) is 0 Å². The minimum absolute atomic E-state index is 0.0362. The van der Waals surface area contributed by atoms with Crippen molar-refractivity contribution in [1.82, 2.24) is 5.32 Å². The van der Waals surface area contributed by atoms with Gasteiger partial charge in [0.1, 0.15) is 5.54 Å². The lowest BCUT2D eigenvalue weighted by Crippen LogP contribution is -2.59. The maximum absolute atomic E-state index is 11.3. The van der Waals surface area contributed by atoms with E-state index in [0.29, 0.717) is 39.3 Å². The number of rotatable bonds is 6. The third kappa shape index (κ3) is 3.43. The van der Waals surface area contributed by atoms with Crippen LogP contribution in [0.4, 0.5) is 0 Å². The largest absolute Gasteiger partial charge is 0.480 e. The molecule has 0 aliphatic carbocycles. The molecule has 0 bridgehead atoms. The number of carbonyl (C=O) groups is 1. The predicted octanol–water partition coefficient (Wildman–Crippen LogP) is 0.635. The summed E-state index contributed by atoms with van der Waals surface area (Å²) in [5.41, 5.74) is -0.839. The second-order valence-corrected chi connectivity index (χ2v) is 4.20. The van der Waals surface area contributed by atoms with Gasteiger partial charge in [0.2, 0.25) is 0 Å². The predicted molar refractivity (Wildman–Crippen MR) is 59.5 cm³/mol. The van der Waals surface area contributed by atoms with Crippen molar-refractivity contribution in [3.63, 3.8) is 0 Å². The van der Waals surface area contributed by atoms with E-state index in [4.69, 9.17) is 9.47 Å². The zero-order valence-electron chi connectivity index (χ0n) is 9.99. The lowest BCUT2D eigenvalue weighted by atomic mass is 9.89. The number of aliphatic carboxylic acids is 1. The molecule has 0 amide bonds. The van der Waals surface area contributed by atoms with E-state index < -0.39 is 11.5 Å². The first kappa shape index (κ1) is 13.4. The molecule has 0 aromatic rings. The van der Waals surface area contributed by atoms with E-state index >= 15 is 0 Å². The van der Waals surface area contributed by atoms with Crippen molar-refractivity contribution in [2.75, 3.05) is 26.4 Å². The molecule has 1 atom stereocenters. The van der Waals surface area contributed by atoms with Crippen LogP contribution in [0.5, 0.6) is 0 Å². The van der Waals surface area contributed by atoms with Gasteiger partial charge in [0, 0.05) is 25.9 Å². The molecule has 1 aliphatic rings. The van der Waals surface area contributed by atoms with Gasteiger partial charge in [-0.05, 0) is 26.7 Å². The van der Waals surface area contributed by atoms with Crippen LogP contribution < -0.4 is 5.32 Å². The van der Waals surface area contributed by atoms with Gasteiger partial charge in [-0.1, -0.05) is 0 Å². The Morgan fingerprint density at radius 1 is 1.56 bits per heavy atom. The highest BCUT2D eigenvalue weighted by Gasteiger charge is 2.40. The highest BCUT2D eigenvalue weighted by molar-refractivity contribution is 5.79. The van der Waals surface area contributed by atoms with Crippen LogP contribution in [0.2, 0.25) is 0 Å². The molecule has 94 valence electrons. The molecule has 16 heavy (non-hydrogen) atoms. The van der Waals surface area contributed by atoms with Crippen LogP contribution in [0.15, 0.2) is 0 Å². The summed E-state index contributed by atoms with van der Waals surface area (Å²) in [6.45, 7) is 6.05. The summed E-state index contributed by atoms with van der Waals surface area (Å²) in [5.74, 6) is -0.792. The number of nitrogens with one attached hydrogen (secondary N) is 1. The fourth-order valence-corrected chi connectivity index (χ4v) is 1.95. The van der Waals surface area contributed by atoms with Crippen molar-refractivity contribution < 1.29 is 19.4 Å². The summed E-state index contributed by atoms with van der Waals surface area (Å²) in [4.78, 5) is 11.3. The molecule has 0 aromatic carbocycles. The summed E-state index contributed by atoms with van der Waals surface area (Å²) < 4.78 is 10.5. The first-order valence-corrected chi connectivity index (χ1v) is 5.77. The van der Waals surface area contributed by atoms with E-state index in [1.807, 2.05) is 13.8 Å². The summed E-state index contributed by atoms with van der Waals surface area (Å²) in [6.07, 6.45) is 1.03. The van der Waals surface area contributed by atoms with Crippen LogP contribution in [0, 0.1) is 0 Å². The maximum atomic E-state index is 11.3. The van der Waals surface area contributed by atoms with Gasteiger partial charge in [-0.3, -0.25) is 10.1 Å². The van der Waals surface area contributed by atoms with E-state index in [1.54, 1.807) is 0 Å². The number of hydrogen-bond acceptors (Lipinski definition) is 4. The maximum Gasteiger partial charge on any atom is 0.324 e. The van der Waals surface area contributed by atoms with Crippen LogP contribution in [-0.4, -0.2) is 49.1 Å². The molecule has 1 heterocycles. The fraction of sp³-hybridized carbons (Fsp3) is 0.909. The third-order valence-corrected chi connectivity index (χ3v) is 2.85. The van der Waals surface area contributed by atoms with Crippen LogP contribution in [0.1, 0.15) is 26.7 Å². The summed E-state index contributed by atoms with van der Waals surface area (Å²) in [6, 6.07) is 0.0362. The summed E-state index contributed by atoms with van der Waals surface area (Å²) in [7, 11) is 0. The number of ether oxygens (including phenoxy) is 2. The highest BCUT2D eigenvalue weighted by Crippen LogP contribution is 2.21. The van der Waals surface area contributed by atoms with E-state index in [2.05, 4.69) is 5.32 Å². The van der Waals surface area contributed by atoms with Crippen molar-refractivity contribution in [3.8, 4) is 0 Å². The molecule has 0 aromatic heterocycles. The second-order valence-electron chi connectivity index (χ2n) is 4.20. The van der Waals surface area contributed by atoms with Crippen LogP contribution >= 0.6 is 0 Å². The van der Waals surface area contributed by atoms with Gasteiger partial charge in [-0.15, -0.1) is 0 Å². The Bertz CT molecular complexity index is 226. The standard InChI is InChI=1S/C11H21NO4/c1-3-15-8-9(2)12-11(10(13)14)4-6-16-7-5-11/h9,12H,3-8H2,1-2H3,(H,13,14). The van der Waals surface area contributed by atoms with Crippen LogP contribution in [0.25, 0.3) is 0 Å². The van der Waals surface area contributed by atoms with E-state index in [1.165, 1.54) is 0 Å². The van der Waals surface area contributed by atoms with Gasteiger partial charge in [0.05, 0.1) is 6.61 Å². The number of hydrogen-bond donors (Lipinski definition) is 2. The van der Waals surface area contributed by atoms with Crippen molar-refractivity contribution in [2.24, 2.45) is 0 Å². The zero-order valence-corrected chi connectivity index (χ0v) is 9.99. The van der Waals surface area contributed by atoms with E-state index in [9.17, 15) is 9.90 Å².